The number of carbonyl (C=O) groups excluding carboxylic acids is 1. The molecule has 0 spiro atoms. The van der Waals surface area contributed by atoms with Gasteiger partial charge in [-0.2, -0.15) is 0 Å². The van der Waals surface area contributed by atoms with Crippen LogP contribution in [0.5, 0.6) is 0 Å². The lowest BCUT2D eigenvalue weighted by molar-refractivity contribution is -0.113. The van der Waals surface area contributed by atoms with E-state index in [2.05, 4.69) is 4.98 Å². The number of halogens is 5. The summed E-state index contributed by atoms with van der Waals surface area (Å²) in [5.74, 6) is -12.6. The van der Waals surface area contributed by atoms with Crippen molar-refractivity contribution in [3.63, 3.8) is 0 Å². The predicted molar refractivity (Wildman–Crippen MR) is 103 cm³/mol. The molecule has 1 N–H and O–H groups in total. The van der Waals surface area contributed by atoms with E-state index in [1.165, 1.54) is 11.7 Å². The first kappa shape index (κ1) is 22.7. The summed E-state index contributed by atoms with van der Waals surface area (Å²) in [5.41, 5.74) is -1.47. The average Bonchev–Trinajstić information content (AvgIpc) is 2.77. The lowest BCUT2D eigenvalue weighted by Gasteiger charge is -2.13. The largest absolute Gasteiger partial charge is 0.383 e. The number of fused-ring (bicyclic) bond motifs is 1. The SMILES string of the molecule is COCCn1c(SCC(=O)Nc2c(F)c(F)c(F)c(F)c2F)nc2ccccc2c1=O. The molecule has 0 bridgehead atoms. The Labute approximate surface area is 176 Å². The van der Waals surface area contributed by atoms with Crippen molar-refractivity contribution in [2.75, 3.05) is 24.8 Å². The first-order chi connectivity index (χ1) is 14.8. The maximum atomic E-state index is 13.7. The third-order valence-electron chi connectivity index (χ3n) is 4.15. The molecule has 164 valence electrons. The minimum absolute atomic E-state index is 0.119. The number of para-hydroxylation sites is 1. The van der Waals surface area contributed by atoms with Crippen LogP contribution < -0.4 is 10.9 Å². The van der Waals surface area contributed by atoms with Gasteiger partial charge >= 0.3 is 0 Å². The summed E-state index contributed by atoms with van der Waals surface area (Å²) < 4.78 is 73.4. The van der Waals surface area contributed by atoms with E-state index in [4.69, 9.17) is 4.74 Å². The second-order valence-corrected chi connectivity index (χ2v) is 7.09. The Morgan fingerprint density at radius 1 is 1.06 bits per heavy atom. The molecule has 3 aromatic rings. The van der Waals surface area contributed by atoms with Crippen molar-refractivity contribution in [2.45, 2.75) is 11.7 Å². The van der Waals surface area contributed by atoms with Crippen molar-refractivity contribution < 1.29 is 31.5 Å². The summed E-state index contributed by atoms with van der Waals surface area (Å²) in [6, 6.07) is 6.50. The molecule has 12 heteroatoms. The topological polar surface area (TPSA) is 73.2 Å². The highest BCUT2D eigenvalue weighted by molar-refractivity contribution is 7.99. The van der Waals surface area contributed by atoms with Crippen LogP contribution in [0.3, 0.4) is 0 Å². The highest BCUT2D eigenvalue weighted by Gasteiger charge is 2.27. The Kier molecular flexibility index (Phi) is 6.91. The maximum Gasteiger partial charge on any atom is 0.262 e. The number of nitrogens with zero attached hydrogens (tertiary/aromatic N) is 2. The Morgan fingerprint density at radius 2 is 1.68 bits per heavy atom. The molecule has 0 fully saturated rings. The van der Waals surface area contributed by atoms with Crippen LogP contribution >= 0.6 is 11.8 Å². The summed E-state index contributed by atoms with van der Waals surface area (Å²) in [7, 11) is 1.43. The molecular formula is C19H14F5N3O3S. The van der Waals surface area contributed by atoms with Gasteiger partial charge in [0.15, 0.2) is 28.4 Å². The fourth-order valence-electron chi connectivity index (χ4n) is 2.66. The molecule has 0 aliphatic rings. The van der Waals surface area contributed by atoms with Crippen LogP contribution in [-0.2, 0) is 16.1 Å². The van der Waals surface area contributed by atoms with Gasteiger partial charge in [0, 0.05) is 7.11 Å². The molecule has 3 rings (SSSR count). The second kappa shape index (κ2) is 9.43. The number of hydrogen-bond acceptors (Lipinski definition) is 5. The second-order valence-electron chi connectivity index (χ2n) is 6.14. The molecule has 2 aromatic carbocycles. The predicted octanol–water partition coefficient (Wildman–Crippen LogP) is 3.47. The molecule has 0 saturated heterocycles. The van der Waals surface area contributed by atoms with Crippen molar-refractivity contribution in [3.05, 3.63) is 63.7 Å². The lowest BCUT2D eigenvalue weighted by atomic mass is 10.2. The molecule has 6 nitrogen and oxygen atoms in total. The highest BCUT2D eigenvalue weighted by atomic mass is 32.2. The van der Waals surface area contributed by atoms with E-state index < -0.39 is 46.4 Å². The van der Waals surface area contributed by atoms with Gasteiger partial charge in [-0.05, 0) is 12.1 Å². The minimum atomic E-state index is -2.33. The average molecular weight is 459 g/mol. The number of anilines is 1. The van der Waals surface area contributed by atoms with Gasteiger partial charge in [-0.1, -0.05) is 23.9 Å². The van der Waals surface area contributed by atoms with Gasteiger partial charge in [-0.3, -0.25) is 14.2 Å². The zero-order valence-electron chi connectivity index (χ0n) is 15.8. The zero-order chi connectivity index (χ0) is 22.7. The molecule has 31 heavy (non-hydrogen) atoms. The van der Waals surface area contributed by atoms with Crippen LogP contribution in [0.25, 0.3) is 10.9 Å². The highest BCUT2D eigenvalue weighted by Crippen LogP contribution is 2.27. The number of amides is 1. The van der Waals surface area contributed by atoms with Crippen LogP contribution in [0.1, 0.15) is 0 Å². The third-order valence-corrected chi connectivity index (χ3v) is 5.13. The Morgan fingerprint density at radius 3 is 2.32 bits per heavy atom. The molecule has 0 atom stereocenters. The van der Waals surface area contributed by atoms with Gasteiger partial charge in [0.25, 0.3) is 5.56 Å². The van der Waals surface area contributed by atoms with Crippen LogP contribution in [0.2, 0.25) is 0 Å². The monoisotopic (exact) mass is 459 g/mol. The summed E-state index contributed by atoms with van der Waals surface area (Å²) >= 11 is 0.755. The number of aromatic nitrogens is 2. The van der Waals surface area contributed by atoms with E-state index in [1.54, 1.807) is 29.6 Å². The van der Waals surface area contributed by atoms with Gasteiger partial charge in [-0.25, -0.2) is 26.9 Å². The zero-order valence-corrected chi connectivity index (χ0v) is 16.7. The fraction of sp³-hybridized carbons (Fsp3) is 0.211. The van der Waals surface area contributed by atoms with E-state index in [0.29, 0.717) is 10.9 Å². The first-order valence-corrected chi connectivity index (χ1v) is 9.67. The van der Waals surface area contributed by atoms with Crippen LogP contribution in [-0.4, -0.2) is 34.9 Å². The molecule has 1 heterocycles. The molecular weight excluding hydrogens is 445 g/mol. The van der Waals surface area contributed by atoms with Crippen molar-refractivity contribution in [3.8, 4) is 0 Å². The molecule has 0 aliphatic heterocycles. The number of carbonyl (C=O) groups is 1. The summed E-state index contributed by atoms with van der Waals surface area (Å²) in [6.07, 6.45) is 0. The molecule has 0 saturated carbocycles. The van der Waals surface area contributed by atoms with Gasteiger partial charge in [0.2, 0.25) is 11.7 Å². The lowest BCUT2D eigenvalue weighted by Crippen LogP contribution is -2.26. The molecule has 0 radical (unpaired) electrons. The van der Waals surface area contributed by atoms with Gasteiger partial charge in [-0.15, -0.1) is 0 Å². The number of hydrogen-bond donors (Lipinski definition) is 1. The number of rotatable bonds is 7. The summed E-state index contributed by atoms with van der Waals surface area (Å²) in [5, 5.41) is 2.14. The first-order valence-electron chi connectivity index (χ1n) is 8.68. The Bertz CT molecular complexity index is 1190. The Balaban J connectivity index is 1.86. The van der Waals surface area contributed by atoms with Crippen molar-refractivity contribution >= 4 is 34.3 Å². The molecule has 0 unspecified atom stereocenters. The van der Waals surface area contributed by atoms with E-state index in [-0.39, 0.29) is 23.9 Å². The van der Waals surface area contributed by atoms with Gasteiger partial charge in [0.05, 0.1) is 29.8 Å². The number of benzene rings is 2. The molecule has 1 aromatic heterocycles. The van der Waals surface area contributed by atoms with E-state index in [1.807, 2.05) is 0 Å². The Hall–Kier alpha value is -2.99. The van der Waals surface area contributed by atoms with E-state index in [9.17, 15) is 31.5 Å². The minimum Gasteiger partial charge on any atom is -0.383 e. The number of nitrogens with one attached hydrogen (secondary N) is 1. The van der Waals surface area contributed by atoms with Gasteiger partial charge in [0.1, 0.15) is 5.69 Å². The quantitative estimate of drug-likeness (QED) is 0.193. The van der Waals surface area contributed by atoms with E-state index in [0.717, 1.165) is 11.8 Å². The standard InChI is InChI=1S/C19H14F5N3O3S/c1-30-7-6-27-18(29)9-4-2-3-5-10(9)25-19(27)31-8-11(28)26-17-15(23)13(21)12(20)14(22)16(17)24/h2-5H,6-8H2,1H3,(H,26,28). The van der Waals surface area contributed by atoms with E-state index >= 15 is 0 Å². The number of thioether (sulfide) groups is 1. The number of methoxy groups -OCH3 is 1. The van der Waals surface area contributed by atoms with Crippen LogP contribution in [0, 0.1) is 29.1 Å². The molecule has 1 amide bonds. The summed E-state index contributed by atoms with van der Waals surface area (Å²) in [4.78, 5) is 29.2. The van der Waals surface area contributed by atoms with Gasteiger partial charge < -0.3 is 10.1 Å². The fourth-order valence-corrected chi connectivity index (χ4v) is 3.48. The third kappa shape index (κ3) is 4.54. The van der Waals surface area contributed by atoms with Crippen molar-refractivity contribution in [1.82, 2.24) is 9.55 Å². The van der Waals surface area contributed by atoms with Crippen LogP contribution in [0.15, 0.2) is 34.2 Å². The number of ether oxygens (including phenoxy) is 1. The van der Waals surface area contributed by atoms with Crippen molar-refractivity contribution in [1.29, 1.82) is 0 Å². The normalized spacial score (nSPS) is 11.2. The smallest absolute Gasteiger partial charge is 0.262 e. The van der Waals surface area contributed by atoms with Crippen LogP contribution in [0.4, 0.5) is 27.6 Å². The maximum absolute atomic E-state index is 13.7. The summed E-state index contributed by atoms with van der Waals surface area (Å²) in [6.45, 7) is 0.291. The van der Waals surface area contributed by atoms with Crippen molar-refractivity contribution in [2.24, 2.45) is 0 Å². The molecule has 0 aliphatic carbocycles.